The van der Waals surface area contributed by atoms with Gasteiger partial charge in [0.05, 0.1) is 6.20 Å². The number of benzene rings is 1. The fourth-order valence-electron chi connectivity index (χ4n) is 1.93. The van der Waals surface area contributed by atoms with E-state index in [0.717, 1.165) is 29.4 Å². The van der Waals surface area contributed by atoms with Gasteiger partial charge in [-0.2, -0.15) is 5.10 Å². The van der Waals surface area contributed by atoms with Gasteiger partial charge in [0.2, 0.25) is 0 Å². The molecule has 0 aliphatic heterocycles. The molecule has 0 amide bonds. The van der Waals surface area contributed by atoms with Gasteiger partial charge < -0.3 is 10.0 Å². The van der Waals surface area contributed by atoms with Crippen LogP contribution in [0.1, 0.15) is 11.1 Å². The topological polar surface area (TPSA) is 58.4 Å². The van der Waals surface area contributed by atoms with Crippen LogP contribution in [0.2, 0.25) is 0 Å². The molecule has 5 heteroatoms. The fourth-order valence-corrected chi connectivity index (χ4v) is 1.93. The second-order valence-electron chi connectivity index (χ2n) is 4.64. The molecule has 0 bridgehead atoms. The molecule has 0 atom stereocenters. The van der Waals surface area contributed by atoms with E-state index in [4.69, 9.17) is 5.11 Å². The van der Waals surface area contributed by atoms with Crippen molar-refractivity contribution in [3.8, 4) is 0 Å². The predicted octanol–water partition coefficient (Wildman–Crippen LogP) is 2.15. The molecule has 5 nitrogen and oxygen atoms in total. The van der Waals surface area contributed by atoms with Crippen LogP contribution in [0, 0.1) is 0 Å². The molecule has 0 unspecified atom stereocenters. The standard InChI is InChI=1S/C15H17N3O2/c1-17(10-13-9-16-18(2)11-13)14-6-3-12(4-7-14)5-8-15(19)20/h3-9,11H,10H2,1-2H3,(H,19,20). The molecule has 1 aromatic carbocycles. The van der Waals surface area contributed by atoms with Gasteiger partial charge >= 0.3 is 5.97 Å². The van der Waals surface area contributed by atoms with Crippen LogP contribution in [-0.2, 0) is 18.4 Å². The molecule has 104 valence electrons. The summed E-state index contributed by atoms with van der Waals surface area (Å²) in [4.78, 5) is 12.6. The minimum Gasteiger partial charge on any atom is -0.478 e. The number of aryl methyl sites for hydroxylation is 1. The van der Waals surface area contributed by atoms with Crippen molar-refractivity contribution < 1.29 is 9.90 Å². The lowest BCUT2D eigenvalue weighted by atomic mass is 10.2. The fraction of sp³-hybridized carbons (Fsp3) is 0.200. The summed E-state index contributed by atoms with van der Waals surface area (Å²) < 4.78 is 1.78. The van der Waals surface area contributed by atoms with Gasteiger partial charge in [-0.3, -0.25) is 4.68 Å². The number of carbonyl (C=O) groups is 1. The van der Waals surface area contributed by atoms with E-state index in [2.05, 4.69) is 10.00 Å². The highest BCUT2D eigenvalue weighted by Crippen LogP contribution is 2.16. The molecule has 0 aliphatic carbocycles. The summed E-state index contributed by atoms with van der Waals surface area (Å²) in [5.74, 6) is -0.942. The molecule has 1 N–H and O–H groups in total. The van der Waals surface area contributed by atoms with Crippen molar-refractivity contribution in [3.05, 3.63) is 53.9 Å². The Labute approximate surface area is 117 Å². The van der Waals surface area contributed by atoms with Gasteiger partial charge in [0, 0.05) is 44.2 Å². The molecule has 0 spiro atoms. The normalized spacial score (nSPS) is 10.9. The molecule has 1 heterocycles. The largest absolute Gasteiger partial charge is 0.478 e. The Balaban J connectivity index is 2.03. The number of aromatic nitrogens is 2. The number of carboxylic acid groups (broad SMARTS) is 1. The maximum absolute atomic E-state index is 10.5. The maximum atomic E-state index is 10.5. The van der Waals surface area contributed by atoms with Crippen molar-refractivity contribution in [2.24, 2.45) is 7.05 Å². The highest BCUT2D eigenvalue weighted by molar-refractivity contribution is 5.85. The first-order chi connectivity index (χ1) is 9.54. The van der Waals surface area contributed by atoms with E-state index in [1.165, 1.54) is 0 Å². The summed E-state index contributed by atoms with van der Waals surface area (Å²) >= 11 is 0. The summed E-state index contributed by atoms with van der Waals surface area (Å²) in [6, 6.07) is 7.73. The molecule has 0 radical (unpaired) electrons. The van der Waals surface area contributed by atoms with Crippen LogP contribution >= 0.6 is 0 Å². The summed E-state index contributed by atoms with van der Waals surface area (Å²) in [5, 5.41) is 12.7. The minimum absolute atomic E-state index is 0.776. The third-order valence-corrected chi connectivity index (χ3v) is 2.93. The Morgan fingerprint density at radius 2 is 2.10 bits per heavy atom. The first kappa shape index (κ1) is 13.9. The Bertz CT molecular complexity index is 614. The van der Waals surface area contributed by atoms with E-state index in [1.54, 1.807) is 10.8 Å². The predicted molar refractivity (Wildman–Crippen MR) is 78.4 cm³/mol. The molecule has 2 rings (SSSR count). The zero-order valence-electron chi connectivity index (χ0n) is 11.5. The van der Waals surface area contributed by atoms with Crippen molar-refractivity contribution in [1.29, 1.82) is 0 Å². The number of nitrogens with zero attached hydrogens (tertiary/aromatic N) is 3. The number of rotatable bonds is 5. The van der Waals surface area contributed by atoms with Crippen molar-refractivity contribution >= 4 is 17.7 Å². The molecule has 0 fully saturated rings. The quantitative estimate of drug-likeness (QED) is 0.847. The van der Waals surface area contributed by atoms with E-state index in [9.17, 15) is 4.79 Å². The Kier molecular flexibility index (Phi) is 4.20. The lowest BCUT2D eigenvalue weighted by Crippen LogP contribution is -2.15. The molecule has 0 aliphatic rings. The van der Waals surface area contributed by atoms with Crippen LogP contribution < -0.4 is 4.90 Å². The van der Waals surface area contributed by atoms with Crippen molar-refractivity contribution in [1.82, 2.24) is 9.78 Å². The monoisotopic (exact) mass is 271 g/mol. The van der Waals surface area contributed by atoms with Crippen molar-refractivity contribution in [2.75, 3.05) is 11.9 Å². The van der Waals surface area contributed by atoms with Crippen molar-refractivity contribution in [2.45, 2.75) is 6.54 Å². The lowest BCUT2D eigenvalue weighted by Gasteiger charge is -2.18. The van der Waals surface area contributed by atoms with Gasteiger partial charge in [-0.05, 0) is 23.8 Å². The van der Waals surface area contributed by atoms with Crippen LogP contribution in [0.3, 0.4) is 0 Å². The molecule has 0 saturated carbocycles. The van der Waals surface area contributed by atoms with E-state index in [-0.39, 0.29) is 0 Å². The Morgan fingerprint density at radius 1 is 1.40 bits per heavy atom. The lowest BCUT2D eigenvalue weighted by molar-refractivity contribution is -0.131. The molecule has 0 saturated heterocycles. The van der Waals surface area contributed by atoms with E-state index in [0.29, 0.717) is 0 Å². The van der Waals surface area contributed by atoms with Gasteiger partial charge in [0.15, 0.2) is 0 Å². The summed E-state index contributed by atoms with van der Waals surface area (Å²) in [6.07, 6.45) is 6.54. The average Bonchev–Trinajstić information content (AvgIpc) is 2.82. The van der Waals surface area contributed by atoms with Crippen LogP contribution in [0.25, 0.3) is 6.08 Å². The molecule has 2 aromatic rings. The smallest absolute Gasteiger partial charge is 0.328 e. The third-order valence-electron chi connectivity index (χ3n) is 2.93. The van der Waals surface area contributed by atoms with Gasteiger partial charge in [-0.1, -0.05) is 12.1 Å². The van der Waals surface area contributed by atoms with Crippen LogP contribution in [0.5, 0.6) is 0 Å². The molecule has 20 heavy (non-hydrogen) atoms. The number of hydrogen-bond donors (Lipinski definition) is 1. The van der Waals surface area contributed by atoms with Crippen LogP contribution in [0.15, 0.2) is 42.7 Å². The zero-order chi connectivity index (χ0) is 14.5. The van der Waals surface area contributed by atoms with Gasteiger partial charge in [0.1, 0.15) is 0 Å². The number of anilines is 1. The van der Waals surface area contributed by atoms with E-state index < -0.39 is 5.97 Å². The van der Waals surface area contributed by atoms with E-state index >= 15 is 0 Å². The Hall–Kier alpha value is -2.56. The Morgan fingerprint density at radius 3 is 2.65 bits per heavy atom. The van der Waals surface area contributed by atoms with Crippen molar-refractivity contribution in [3.63, 3.8) is 0 Å². The van der Waals surface area contributed by atoms with Gasteiger partial charge in [-0.15, -0.1) is 0 Å². The number of carboxylic acids is 1. The minimum atomic E-state index is -0.942. The third kappa shape index (κ3) is 3.71. The van der Waals surface area contributed by atoms with Crippen LogP contribution in [-0.4, -0.2) is 27.9 Å². The second-order valence-corrected chi connectivity index (χ2v) is 4.64. The summed E-state index contributed by atoms with van der Waals surface area (Å²) in [6.45, 7) is 0.776. The summed E-state index contributed by atoms with van der Waals surface area (Å²) in [5.41, 5.74) is 3.08. The average molecular weight is 271 g/mol. The SMILES string of the molecule is CN(Cc1cnn(C)c1)c1ccc(C=CC(=O)O)cc1. The highest BCUT2D eigenvalue weighted by atomic mass is 16.4. The van der Waals surface area contributed by atoms with E-state index in [1.807, 2.05) is 50.8 Å². The highest BCUT2D eigenvalue weighted by Gasteiger charge is 2.03. The summed E-state index contributed by atoms with van der Waals surface area (Å²) in [7, 11) is 3.90. The first-order valence-electron chi connectivity index (χ1n) is 6.24. The first-order valence-corrected chi connectivity index (χ1v) is 6.24. The number of aliphatic carboxylic acids is 1. The zero-order valence-corrected chi connectivity index (χ0v) is 11.5. The number of hydrogen-bond acceptors (Lipinski definition) is 3. The van der Waals surface area contributed by atoms with Gasteiger partial charge in [0.25, 0.3) is 0 Å². The molecular formula is C15H17N3O2. The second kappa shape index (κ2) is 6.06. The maximum Gasteiger partial charge on any atom is 0.328 e. The molecular weight excluding hydrogens is 254 g/mol. The van der Waals surface area contributed by atoms with Crippen LogP contribution in [0.4, 0.5) is 5.69 Å². The van der Waals surface area contributed by atoms with Gasteiger partial charge in [-0.25, -0.2) is 4.79 Å². The molecule has 1 aromatic heterocycles.